The van der Waals surface area contributed by atoms with Crippen molar-refractivity contribution in [3.8, 4) is 0 Å². The van der Waals surface area contributed by atoms with Crippen LogP contribution in [0.5, 0.6) is 0 Å². The SMILES string of the molecule is C[C@@H](Sc1ccccc1Br)c1nc2ccccc2c(=O)[nH]1. The van der Waals surface area contributed by atoms with Gasteiger partial charge in [-0.2, -0.15) is 0 Å². The van der Waals surface area contributed by atoms with Gasteiger partial charge < -0.3 is 4.98 Å². The van der Waals surface area contributed by atoms with Gasteiger partial charge in [0.15, 0.2) is 0 Å². The fraction of sp³-hybridized carbons (Fsp3) is 0.125. The van der Waals surface area contributed by atoms with Crippen molar-refractivity contribution in [2.75, 3.05) is 0 Å². The van der Waals surface area contributed by atoms with Gasteiger partial charge in [-0.25, -0.2) is 4.98 Å². The third-order valence-electron chi connectivity index (χ3n) is 3.16. The van der Waals surface area contributed by atoms with E-state index in [0.717, 1.165) is 14.9 Å². The molecule has 0 saturated heterocycles. The standard InChI is InChI=1S/C16H13BrN2OS/c1-10(21-14-9-5-3-7-12(14)17)15-18-13-8-4-2-6-11(13)16(20)19-15/h2-10H,1H3,(H,18,19,20)/t10-/m1/s1. The Morgan fingerprint density at radius 2 is 1.86 bits per heavy atom. The molecule has 0 spiro atoms. The maximum atomic E-state index is 12.1. The zero-order valence-electron chi connectivity index (χ0n) is 11.3. The molecule has 1 aromatic heterocycles. The Morgan fingerprint density at radius 1 is 1.14 bits per heavy atom. The zero-order valence-corrected chi connectivity index (χ0v) is 13.7. The van der Waals surface area contributed by atoms with Crippen LogP contribution in [0.2, 0.25) is 0 Å². The summed E-state index contributed by atoms with van der Waals surface area (Å²) in [5, 5.41) is 0.681. The normalized spacial score (nSPS) is 12.5. The van der Waals surface area contributed by atoms with E-state index in [1.807, 2.05) is 49.4 Å². The summed E-state index contributed by atoms with van der Waals surface area (Å²) in [4.78, 5) is 20.7. The first-order valence-corrected chi connectivity index (χ1v) is 8.22. The van der Waals surface area contributed by atoms with E-state index in [-0.39, 0.29) is 10.8 Å². The summed E-state index contributed by atoms with van der Waals surface area (Å²) in [6.07, 6.45) is 0. The Morgan fingerprint density at radius 3 is 2.67 bits per heavy atom. The van der Waals surface area contributed by atoms with E-state index < -0.39 is 0 Å². The molecule has 3 nitrogen and oxygen atoms in total. The number of thioether (sulfide) groups is 1. The Bertz CT molecular complexity index is 847. The van der Waals surface area contributed by atoms with Gasteiger partial charge in [-0.15, -0.1) is 11.8 Å². The van der Waals surface area contributed by atoms with Gasteiger partial charge >= 0.3 is 0 Å². The van der Waals surface area contributed by atoms with Crippen LogP contribution in [0.1, 0.15) is 18.0 Å². The molecule has 21 heavy (non-hydrogen) atoms. The number of nitrogens with one attached hydrogen (secondary N) is 1. The smallest absolute Gasteiger partial charge is 0.258 e. The maximum absolute atomic E-state index is 12.1. The topological polar surface area (TPSA) is 45.8 Å². The minimum atomic E-state index is -0.0878. The first-order chi connectivity index (χ1) is 10.1. The third kappa shape index (κ3) is 3.04. The van der Waals surface area contributed by atoms with Crippen molar-refractivity contribution in [2.24, 2.45) is 0 Å². The number of hydrogen-bond donors (Lipinski definition) is 1. The second kappa shape index (κ2) is 6.03. The number of benzene rings is 2. The molecule has 1 N–H and O–H groups in total. The molecular formula is C16H13BrN2OS. The predicted molar refractivity (Wildman–Crippen MR) is 90.8 cm³/mol. The number of aromatic amines is 1. The van der Waals surface area contributed by atoms with Crippen LogP contribution in [0.25, 0.3) is 10.9 Å². The van der Waals surface area contributed by atoms with Crippen LogP contribution >= 0.6 is 27.7 Å². The summed E-state index contributed by atoms with van der Waals surface area (Å²) in [6.45, 7) is 2.04. The highest BCUT2D eigenvalue weighted by Crippen LogP contribution is 2.37. The highest BCUT2D eigenvalue weighted by atomic mass is 79.9. The van der Waals surface area contributed by atoms with Gasteiger partial charge in [0.25, 0.3) is 5.56 Å². The van der Waals surface area contributed by atoms with Gasteiger partial charge in [0.1, 0.15) is 5.82 Å². The van der Waals surface area contributed by atoms with Crippen LogP contribution in [0.3, 0.4) is 0 Å². The number of fused-ring (bicyclic) bond motifs is 1. The van der Waals surface area contributed by atoms with Gasteiger partial charge in [-0.1, -0.05) is 24.3 Å². The molecular weight excluding hydrogens is 348 g/mol. The quantitative estimate of drug-likeness (QED) is 0.697. The molecule has 0 aliphatic rings. The van der Waals surface area contributed by atoms with E-state index in [1.54, 1.807) is 17.8 Å². The van der Waals surface area contributed by atoms with Crippen molar-refractivity contribution in [2.45, 2.75) is 17.1 Å². The highest BCUT2D eigenvalue weighted by Gasteiger charge is 2.13. The molecule has 3 rings (SSSR count). The summed E-state index contributed by atoms with van der Waals surface area (Å²) in [5.74, 6) is 0.694. The molecule has 0 aliphatic heterocycles. The van der Waals surface area contributed by atoms with E-state index in [4.69, 9.17) is 0 Å². The maximum Gasteiger partial charge on any atom is 0.258 e. The first-order valence-electron chi connectivity index (χ1n) is 6.55. The lowest BCUT2D eigenvalue weighted by molar-refractivity contribution is 0.922. The van der Waals surface area contributed by atoms with Crippen molar-refractivity contribution < 1.29 is 0 Å². The molecule has 3 aromatic rings. The molecule has 2 aromatic carbocycles. The van der Waals surface area contributed by atoms with Crippen molar-refractivity contribution in [1.82, 2.24) is 9.97 Å². The summed E-state index contributed by atoms with van der Waals surface area (Å²) in [5.41, 5.74) is 0.644. The number of para-hydroxylation sites is 1. The second-order valence-corrected chi connectivity index (χ2v) is 6.90. The van der Waals surface area contributed by atoms with Gasteiger partial charge in [0.05, 0.1) is 16.2 Å². The third-order valence-corrected chi connectivity index (χ3v) is 5.30. The van der Waals surface area contributed by atoms with E-state index in [2.05, 4.69) is 25.9 Å². The number of rotatable bonds is 3. The fourth-order valence-electron chi connectivity index (χ4n) is 2.08. The molecule has 0 bridgehead atoms. The van der Waals surface area contributed by atoms with Gasteiger partial charge in [-0.05, 0) is 47.1 Å². The van der Waals surface area contributed by atoms with Crippen molar-refractivity contribution in [1.29, 1.82) is 0 Å². The Labute approximate surface area is 134 Å². The summed E-state index contributed by atoms with van der Waals surface area (Å²) >= 11 is 5.20. The highest BCUT2D eigenvalue weighted by molar-refractivity contribution is 9.10. The monoisotopic (exact) mass is 360 g/mol. The summed E-state index contributed by atoms with van der Waals surface area (Å²) in [7, 11) is 0. The fourth-order valence-corrected chi connectivity index (χ4v) is 3.59. The van der Waals surface area contributed by atoms with E-state index in [9.17, 15) is 4.79 Å². The average Bonchev–Trinajstić information content (AvgIpc) is 2.49. The lowest BCUT2D eigenvalue weighted by Gasteiger charge is -2.12. The van der Waals surface area contributed by atoms with Crippen LogP contribution in [-0.4, -0.2) is 9.97 Å². The van der Waals surface area contributed by atoms with Crippen LogP contribution in [0, 0.1) is 0 Å². The van der Waals surface area contributed by atoms with E-state index >= 15 is 0 Å². The van der Waals surface area contributed by atoms with Crippen molar-refractivity contribution >= 4 is 38.6 Å². The Balaban J connectivity index is 1.97. The van der Waals surface area contributed by atoms with E-state index in [0.29, 0.717) is 11.2 Å². The Hall–Kier alpha value is -1.59. The molecule has 0 amide bonds. The van der Waals surface area contributed by atoms with Gasteiger partial charge in [-0.3, -0.25) is 4.79 Å². The molecule has 106 valence electrons. The van der Waals surface area contributed by atoms with Crippen molar-refractivity contribution in [3.63, 3.8) is 0 Å². The zero-order chi connectivity index (χ0) is 14.8. The lowest BCUT2D eigenvalue weighted by Crippen LogP contribution is -2.12. The van der Waals surface area contributed by atoms with Crippen molar-refractivity contribution in [3.05, 3.63) is 69.2 Å². The molecule has 5 heteroatoms. The first kappa shape index (κ1) is 14.4. The predicted octanol–water partition coefficient (Wildman–Crippen LogP) is 4.54. The molecule has 0 unspecified atom stereocenters. The van der Waals surface area contributed by atoms with E-state index in [1.165, 1.54) is 0 Å². The van der Waals surface area contributed by atoms with Crippen LogP contribution in [0.15, 0.2) is 62.7 Å². The van der Waals surface area contributed by atoms with Crippen LogP contribution in [-0.2, 0) is 0 Å². The number of nitrogens with zero attached hydrogens (tertiary/aromatic N) is 1. The number of halogens is 1. The minimum Gasteiger partial charge on any atom is -0.309 e. The second-order valence-electron chi connectivity index (χ2n) is 4.66. The van der Waals surface area contributed by atoms with Gasteiger partial charge in [0, 0.05) is 9.37 Å². The molecule has 0 aliphatic carbocycles. The summed E-state index contributed by atoms with van der Waals surface area (Å²) in [6, 6.07) is 15.4. The molecule has 1 atom stereocenters. The van der Waals surface area contributed by atoms with Crippen LogP contribution < -0.4 is 5.56 Å². The average molecular weight is 361 g/mol. The molecule has 1 heterocycles. The number of H-pyrrole nitrogens is 1. The lowest BCUT2D eigenvalue weighted by atomic mass is 10.2. The molecule has 0 saturated carbocycles. The van der Waals surface area contributed by atoms with Crippen LogP contribution in [0.4, 0.5) is 0 Å². The van der Waals surface area contributed by atoms with Gasteiger partial charge in [0.2, 0.25) is 0 Å². The largest absolute Gasteiger partial charge is 0.309 e. The Kier molecular flexibility index (Phi) is 4.12. The number of hydrogen-bond acceptors (Lipinski definition) is 3. The molecule has 0 radical (unpaired) electrons. The minimum absolute atomic E-state index is 0.0565. The number of aromatic nitrogens is 2. The summed E-state index contributed by atoms with van der Waals surface area (Å²) < 4.78 is 1.05. The molecule has 0 fully saturated rings.